The van der Waals surface area contributed by atoms with Crippen molar-refractivity contribution < 1.29 is 29.1 Å². The van der Waals surface area contributed by atoms with Crippen molar-refractivity contribution in [2.75, 3.05) is 31.5 Å². The van der Waals surface area contributed by atoms with Gasteiger partial charge in [-0.25, -0.2) is 9.97 Å². The molecule has 71 heavy (non-hydrogen) atoms. The number of hydrogen-bond acceptors (Lipinski definition) is 11. The molecule has 0 radical (unpaired) electrons. The van der Waals surface area contributed by atoms with Crippen molar-refractivity contribution in [2.24, 2.45) is 18.4 Å². The molecule has 3 aromatic heterocycles. The van der Waals surface area contributed by atoms with Gasteiger partial charge in [-0.3, -0.25) is 33.6 Å². The van der Waals surface area contributed by atoms with E-state index in [0.29, 0.717) is 37.2 Å². The van der Waals surface area contributed by atoms with E-state index in [2.05, 4.69) is 41.2 Å². The second-order valence-corrected chi connectivity index (χ2v) is 21.2. The van der Waals surface area contributed by atoms with Crippen LogP contribution in [0.25, 0.3) is 32.4 Å². The molecule has 4 atom stereocenters. The van der Waals surface area contributed by atoms with Crippen LogP contribution in [0.15, 0.2) is 72.4 Å². The molecule has 5 amide bonds. The van der Waals surface area contributed by atoms with E-state index in [1.54, 1.807) is 28.3 Å². The lowest BCUT2D eigenvalue weighted by Crippen LogP contribution is -2.57. The van der Waals surface area contributed by atoms with Crippen molar-refractivity contribution in [3.8, 4) is 10.4 Å². The Morgan fingerprint density at radius 2 is 1.72 bits per heavy atom. The van der Waals surface area contributed by atoms with Crippen molar-refractivity contribution in [3.05, 3.63) is 95.0 Å². The van der Waals surface area contributed by atoms with Crippen LogP contribution in [0, 0.1) is 18.3 Å². The first-order chi connectivity index (χ1) is 34.1. The number of aromatic amines is 1. The zero-order chi connectivity index (χ0) is 50.2. The lowest BCUT2D eigenvalue weighted by Gasteiger charge is -2.35. The third-order valence-electron chi connectivity index (χ3n) is 13.6. The number of H-pyrrole nitrogens is 1. The first-order valence-electron chi connectivity index (χ1n) is 24.8. The van der Waals surface area contributed by atoms with Gasteiger partial charge in [0.15, 0.2) is 0 Å². The molecule has 2 aliphatic rings. The number of unbranched alkanes of at least 4 members (excludes halogenated alkanes) is 4. The predicted molar refractivity (Wildman–Crippen MR) is 275 cm³/mol. The molecule has 0 bridgehead atoms. The number of hydrogen-bond donors (Lipinski definition) is 6. The average molecular weight is 986 g/mol. The molecule has 3 aromatic carbocycles. The Balaban J connectivity index is 0.692. The topological polar surface area (TPSA) is 220 Å². The monoisotopic (exact) mass is 985 g/mol. The minimum atomic E-state index is -0.871. The number of aliphatic hydroxyl groups is 1. The lowest BCUT2D eigenvalue weighted by atomic mass is 9.85. The van der Waals surface area contributed by atoms with Gasteiger partial charge in [0.25, 0.3) is 5.91 Å². The SMILES string of the molecule is Cc1ncsc1-c1ccc(CNC(=O)[C@@H]2C[C@@H](O)CN2C(=O)C(NC(=O)CCCCCCCNC(=O)CC2CCN(Cc3nc4cc(NC(=O)c5ccc6c(cnn6C)c5)ccc4[nH]3)C2)C(C)(C)C)cc1. The van der Waals surface area contributed by atoms with Crippen molar-refractivity contribution in [1.82, 2.24) is 50.5 Å². The van der Waals surface area contributed by atoms with Gasteiger partial charge in [-0.15, -0.1) is 11.3 Å². The summed E-state index contributed by atoms with van der Waals surface area (Å²) in [6, 6.07) is 17.4. The van der Waals surface area contributed by atoms with E-state index < -0.39 is 23.6 Å². The van der Waals surface area contributed by atoms with E-state index in [1.165, 1.54) is 4.90 Å². The molecule has 6 aromatic rings. The molecule has 0 spiro atoms. The highest BCUT2D eigenvalue weighted by Crippen LogP contribution is 2.29. The predicted octanol–water partition coefficient (Wildman–Crippen LogP) is 6.61. The summed E-state index contributed by atoms with van der Waals surface area (Å²) in [4.78, 5) is 83.9. The van der Waals surface area contributed by atoms with Gasteiger partial charge in [-0.2, -0.15) is 5.10 Å². The smallest absolute Gasteiger partial charge is 0.255 e. The molecule has 8 rings (SSSR count). The van der Waals surface area contributed by atoms with Crippen molar-refractivity contribution in [1.29, 1.82) is 0 Å². The quantitative estimate of drug-likeness (QED) is 0.0450. The number of rotatable bonds is 20. The average Bonchev–Trinajstić information content (AvgIpc) is 4.20. The van der Waals surface area contributed by atoms with Crippen LogP contribution in [0.1, 0.15) is 106 Å². The summed E-state index contributed by atoms with van der Waals surface area (Å²) in [6.07, 6.45) is 6.92. The van der Waals surface area contributed by atoms with Crippen LogP contribution in [0.2, 0.25) is 0 Å². The van der Waals surface area contributed by atoms with Crippen LogP contribution in [-0.2, 0) is 39.3 Å². The van der Waals surface area contributed by atoms with Crippen LogP contribution in [0.3, 0.4) is 0 Å². The molecule has 17 nitrogen and oxygen atoms in total. The van der Waals surface area contributed by atoms with Gasteiger partial charge < -0.3 is 36.3 Å². The second kappa shape index (κ2) is 22.7. The largest absolute Gasteiger partial charge is 0.391 e. The molecule has 2 saturated heterocycles. The fourth-order valence-electron chi connectivity index (χ4n) is 9.67. The summed E-state index contributed by atoms with van der Waals surface area (Å²) in [5.74, 6) is 0.0355. The maximum atomic E-state index is 14.0. The highest BCUT2D eigenvalue weighted by atomic mass is 32.1. The summed E-state index contributed by atoms with van der Waals surface area (Å²) < 4.78 is 1.77. The highest BCUT2D eigenvalue weighted by molar-refractivity contribution is 7.13. The van der Waals surface area contributed by atoms with Crippen LogP contribution >= 0.6 is 11.3 Å². The number of aryl methyl sites for hydroxylation is 2. The van der Waals surface area contributed by atoms with Crippen LogP contribution in [0.4, 0.5) is 5.69 Å². The van der Waals surface area contributed by atoms with Crippen molar-refractivity contribution in [2.45, 2.75) is 117 Å². The van der Waals surface area contributed by atoms with E-state index in [-0.39, 0.29) is 61.4 Å². The van der Waals surface area contributed by atoms with E-state index in [9.17, 15) is 29.1 Å². The van der Waals surface area contributed by atoms with Gasteiger partial charge in [-0.1, -0.05) is 64.3 Å². The highest BCUT2D eigenvalue weighted by Gasteiger charge is 2.44. The first kappa shape index (κ1) is 50.9. The molecule has 0 saturated carbocycles. The number of likely N-dealkylation sites (tertiary alicyclic amines) is 2. The van der Waals surface area contributed by atoms with E-state index in [1.807, 2.05) is 94.9 Å². The number of amides is 5. The van der Waals surface area contributed by atoms with Crippen molar-refractivity contribution in [3.63, 3.8) is 0 Å². The Morgan fingerprint density at radius 1 is 0.930 bits per heavy atom. The number of benzene rings is 3. The number of anilines is 1. The fraction of sp³-hybridized carbons (Fsp3) is 0.472. The number of imidazole rings is 1. The third kappa shape index (κ3) is 13.1. The normalized spacial score (nSPS) is 17.7. The molecule has 18 heteroatoms. The summed E-state index contributed by atoms with van der Waals surface area (Å²) in [7, 11) is 1.87. The zero-order valence-corrected chi connectivity index (χ0v) is 42.2. The maximum Gasteiger partial charge on any atom is 0.255 e. The summed E-state index contributed by atoms with van der Waals surface area (Å²) >= 11 is 1.58. The number of aliphatic hydroxyl groups excluding tert-OH is 1. The minimum absolute atomic E-state index is 0.0206. The van der Waals surface area contributed by atoms with Gasteiger partial charge in [0.05, 0.1) is 51.5 Å². The van der Waals surface area contributed by atoms with Gasteiger partial charge in [0.1, 0.15) is 17.9 Å². The summed E-state index contributed by atoms with van der Waals surface area (Å²) in [6.45, 7) is 10.9. The molecule has 0 aliphatic carbocycles. The second-order valence-electron chi connectivity index (χ2n) is 20.3. The first-order valence-corrected chi connectivity index (χ1v) is 25.7. The number of carbonyl (C=O) groups is 5. The fourth-order valence-corrected chi connectivity index (χ4v) is 10.5. The zero-order valence-electron chi connectivity index (χ0n) is 41.4. The van der Waals surface area contributed by atoms with Gasteiger partial charge in [0, 0.05) is 69.1 Å². The number of β-amino-alcohol motifs (C(OH)–C–C–N with tert-alkyl or cyclic N) is 1. The van der Waals surface area contributed by atoms with E-state index in [4.69, 9.17) is 4.98 Å². The Morgan fingerprint density at radius 3 is 2.49 bits per heavy atom. The van der Waals surface area contributed by atoms with E-state index >= 15 is 0 Å². The standard InChI is InChI=1S/C53H67N11O6S/c1-33-48(71-32-56-33)36-14-12-34(13-15-36)27-55-51(69)44-26-40(65)30-64(44)52(70)49(53(2,3)4)61-46(66)11-9-7-6-8-10-21-54-47(67)23-35-20-22-63(29-35)31-45-59-41-18-17-39(25-42(41)60-45)58-50(68)37-16-19-43-38(24-37)28-57-62(43)5/h12-19,24-25,28,32,35,40,44,49,65H,6-11,20-23,26-27,29-31H2,1-5H3,(H,54,67)(H,55,69)(H,58,68)(H,59,60)(H,61,66)/t35?,40-,44+,49?/m1/s1. The van der Waals surface area contributed by atoms with Gasteiger partial charge >= 0.3 is 0 Å². The van der Waals surface area contributed by atoms with Gasteiger partial charge in [0.2, 0.25) is 23.6 Å². The summed E-state index contributed by atoms with van der Waals surface area (Å²) in [5, 5.41) is 27.7. The van der Waals surface area contributed by atoms with Gasteiger partial charge in [-0.05, 0) is 91.6 Å². The number of nitrogens with zero attached hydrogens (tertiary/aromatic N) is 6. The Labute approximate surface area is 418 Å². The molecule has 2 fully saturated rings. The number of nitrogens with one attached hydrogen (secondary N) is 5. The summed E-state index contributed by atoms with van der Waals surface area (Å²) in [5.41, 5.74) is 7.97. The van der Waals surface area contributed by atoms with Crippen LogP contribution in [-0.4, -0.2) is 114 Å². The molecule has 6 N–H and O–H groups in total. The Bertz CT molecular complexity index is 2850. The number of carbonyl (C=O) groups excluding carboxylic acids is 5. The maximum absolute atomic E-state index is 14.0. The number of thiazole rings is 1. The van der Waals surface area contributed by atoms with E-state index in [0.717, 1.165) is 94.7 Å². The molecular weight excluding hydrogens is 919 g/mol. The molecule has 2 aliphatic heterocycles. The van der Waals surface area contributed by atoms with Crippen LogP contribution in [0.5, 0.6) is 0 Å². The van der Waals surface area contributed by atoms with Crippen molar-refractivity contribution >= 4 is 68.5 Å². The Kier molecular flexibility index (Phi) is 16.3. The molecular formula is C53H67N11O6S. The van der Waals surface area contributed by atoms with Crippen LogP contribution < -0.4 is 21.3 Å². The minimum Gasteiger partial charge on any atom is -0.391 e. The third-order valence-corrected chi connectivity index (χ3v) is 14.6. The lowest BCUT2D eigenvalue weighted by molar-refractivity contribution is -0.144. The molecule has 376 valence electrons. The number of aromatic nitrogens is 5. The molecule has 5 heterocycles. The molecule has 2 unspecified atom stereocenters. The Hall–Kier alpha value is -6.50. The number of fused-ring (bicyclic) bond motifs is 2.